The highest BCUT2D eigenvalue weighted by Crippen LogP contribution is 2.53. The van der Waals surface area contributed by atoms with E-state index in [1.54, 1.807) is 12.3 Å². The summed E-state index contributed by atoms with van der Waals surface area (Å²) in [6, 6.07) is 1.59. The van der Waals surface area contributed by atoms with Gasteiger partial charge in [0, 0.05) is 36.0 Å². The van der Waals surface area contributed by atoms with Crippen molar-refractivity contribution in [3.8, 4) is 0 Å². The van der Waals surface area contributed by atoms with Gasteiger partial charge in [-0.1, -0.05) is 23.4 Å². The van der Waals surface area contributed by atoms with Crippen LogP contribution in [0, 0.1) is 5.41 Å². The lowest BCUT2D eigenvalue weighted by Gasteiger charge is -2.42. The van der Waals surface area contributed by atoms with Crippen LogP contribution in [0.5, 0.6) is 0 Å². The van der Waals surface area contributed by atoms with Gasteiger partial charge in [-0.2, -0.15) is 0 Å². The van der Waals surface area contributed by atoms with Gasteiger partial charge >= 0.3 is 0 Å². The number of nitrogen functional groups attached to an aromatic ring is 2. The van der Waals surface area contributed by atoms with Crippen molar-refractivity contribution < 1.29 is 9.52 Å². The van der Waals surface area contributed by atoms with E-state index in [0.29, 0.717) is 39.3 Å². The lowest BCUT2D eigenvalue weighted by molar-refractivity contribution is 0.144. The molecule has 2 aliphatic carbocycles. The van der Waals surface area contributed by atoms with Crippen LogP contribution < -0.4 is 22.1 Å². The van der Waals surface area contributed by atoms with Crippen molar-refractivity contribution in [1.82, 2.24) is 19.9 Å². The molecular formula is C22H25ClN8O2S. The van der Waals surface area contributed by atoms with Crippen LogP contribution in [0.2, 0.25) is 5.02 Å². The van der Waals surface area contributed by atoms with Crippen LogP contribution in [0.4, 0.5) is 17.5 Å². The third-order valence-corrected chi connectivity index (χ3v) is 8.88. The van der Waals surface area contributed by atoms with Crippen molar-refractivity contribution in [3.05, 3.63) is 40.8 Å². The highest BCUT2D eigenvalue weighted by molar-refractivity contribution is 7.99. The zero-order valence-electron chi connectivity index (χ0n) is 18.4. The van der Waals surface area contributed by atoms with Crippen LogP contribution in [0.1, 0.15) is 48.9 Å². The summed E-state index contributed by atoms with van der Waals surface area (Å²) >= 11 is 7.57. The first-order chi connectivity index (χ1) is 16.3. The molecule has 0 unspecified atom stereocenters. The van der Waals surface area contributed by atoms with E-state index in [4.69, 9.17) is 43.2 Å². The second-order valence-electron chi connectivity index (χ2n) is 9.40. The molecule has 0 bridgehead atoms. The number of hydrogen-bond acceptors (Lipinski definition) is 11. The molecule has 1 atom stereocenters. The Morgan fingerprint density at radius 2 is 1.88 bits per heavy atom. The average Bonchev–Trinajstić information content (AvgIpc) is 3.32. The van der Waals surface area contributed by atoms with Gasteiger partial charge in [-0.15, -0.1) is 0 Å². The van der Waals surface area contributed by atoms with Gasteiger partial charge in [0.15, 0.2) is 18.0 Å². The maximum atomic E-state index is 11.1. The van der Waals surface area contributed by atoms with Crippen LogP contribution >= 0.6 is 23.4 Å². The van der Waals surface area contributed by atoms with Crippen LogP contribution in [0.25, 0.3) is 0 Å². The number of anilines is 3. The maximum Gasteiger partial charge on any atom is 0.181 e. The van der Waals surface area contributed by atoms with Gasteiger partial charge in [0.05, 0.1) is 16.8 Å². The third-order valence-electron chi connectivity index (χ3n) is 7.32. The number of fused-ring (bicyclic) bond motifs is 1. The Labute approximate surface area is 205 Å². The number of hydrogen-bond donors (Lipinski definition) is 4. The summed E-state index contributed by atoms with van der Waals surface area (Å²) in [7, 11) is 0. The monoisotopic (exact) mass is 500 g/mol. The molecule has 12 heteroatoms. The van der Waals surface area contributed by atoms with E-state index in [2.05, 4.69) is 14.9 Å². The van der Waals surface area contributed by atoms with Crippen molar-refractivity contribution >= 4 is 40.8 Å². The molecule has 4 heterocycles. The minimum atomic E-state index is -0.989. The molecule has 0 radical (unpaired) electrons. The number of aromatic nitrogens is 4. The predicted molar refractivity (Wildman–Crippen MR) is 128 cm³/mol. The summed E-state index contributed by atoms with van der Waals surface area (Å²) in [5.74, 6) is 1.96. The van der Waals surface area contributed by atoms with Crippen LogP contribution in [-0.4, -0.2) is 38.1 Å². The van der Waals surface area contributed by atoms with E-state index in [-0.39, 0.29) is 23.1 Å². The highest BCUT2D eigenvalue weighted by Gasteiger charge is 2.51. The minimum absolute atomic E-state index is 0.0671. The zero-order chi connectivity index (χ0) is 23.7. The first kappa shape index (κ1) is 21.9. The molecule has 1 saturated carbocycles. The molecule has 3 aromatic rings. The summed E-state index contributed by atoms with van der Waals surface area (Å²) < 4.78 is 5.55. The lowest BCUT2D eigenvalue weighted by atomic mass is 9.73. The first-order valence-corrected chi connectivity index (χ1v) is 12.4. The lowest BCUT2D eigenvalue weighted by Crippen LogP contribution is -2.45. The summed E-state index contributed by atoms with van der Waals surface area (Å²) in [6.07, 6.45) is 6.88. The average molecular weight is 501 g/mol. The molecule has 10 nitrogen and oxygen atoms in total. The first-order valence-electron chi connectivity index (χ1n) is 11.2. The SMILES string of the molecule is Nc1nc(N2CCC3(CC2)Cc2ncoc2[C@H]3N)c(C2(O)CC2)nc1Sc1ccnc(N)c1Cl. The zero-order valence-corrected chi connectivity index (χ0v) is 19.9. The summed E-state index contributed by atoms with van der Waals surface area (Å²) in [6.45, 7) is 1.46. The summed E-state index contributed by atoms with van der Waals surface area (Å²) in [5, 5.41) is 11.9. The Morgan fingerprint density at radius 3 is 2.59 bits per heavy atom. The second-order valence-corrected chi connectivity index (χ2v) is 10.8. The van der Waals surface area contributed by atoms with E-state index in [1.165, 1.54) is 18.2 Å². The molecule has 0 aromatic carbocycles. The molecule has 178 valence electrons. The number of oxazole rings is 1. The minimum Gasteiger partial charge on any atom is -0.447 e. The Hall–Kier alpha value is -2.60. The van der Waals surface area contributed by atoms with E-state index in [9.17, 15) is 5.11 Å². The maximum absolute atomic E-state index is 11.1. The molecule has 34 heavy (non-hydrogen) atoms. The molecule has 1 aliphatic heterocycles. The number of rotatable bonds is 4. The molecule has 3 aliphatic rings. The van der Waals surface area contributed by atoms with Gasteiger partial charge in [-0.3, -0.25) is 0 Å². The molecule has 1 saturated heterocycles. The Bertz CT molecular complexity index is 1270. The van der Waals surface area contributed by atoms with Crippen molar-refractivity contribution in [2.45, 2.75) is 53.7 Å². The number of halogens is 1. The normalized spacial score (nSPS) is 22.2. The highest BCUT2D eigenvalue weighted by atomic mass is 35.5. The number of nitrogens with zero attached hydrogens (tertiary/aromatic N) is 5. The van der Waals surface area contributed by atoms with Gasteiger partial charge in [-0.25, -0.2) is 19.9 Å². The number of piperidine rings is 1. The summed E-state index contributed by atoms with van der Waals surface area (Å²) in [5.41, 5.74) is 19.2. The fourth-order valence-corrected chi connectivity index (χ4v) is 6.09. The van der Waals surface area contributed by atoms with Crippen LogP contribution in [-0.2, 0) is 12.0 Å². The number of pyridine rings is 1. The predicted octanol–water partition coefficient (Wildman–Crippen LogP) is 2.65. The van der Waals surface area contributed by atoms with E-state index < -0.39 is 5.60 Å². The van der Waals surface area contributed by atoms with Crippen molar-refractivity contribution in [3.63, 3.8) is 0 Å². The molecule has 6 rings (SSSR count). The number of nitrogens with two attached hydrogens (primary N) is 3. The third kappa shape index (κ3) is 3.41. The second kappa shape index (κ2) is 7.70. The van der Waals surface area contributed by atoms with Crippen molar-refractivity contribution in [2.24, 2.45) is 11.1 Å². The Kier molecular flexibility index (Phi) is 4.96. The standard InChI is InChI=1S/C22H25ClN8O2S/c23-13-12(1-6-27-17(13)25)34-20-18(26)30-19(16(29-20)22(32)2-3-22)31-7-4-21(5-8-31)9-11-14(15(21)24)33-10-28-11/h1,6,10,15,32H,2-5,7-9,24H2,(H2,25,27)(H2,26,30)/t15-/m1/s1. The van der Waals surface area contributed by atoms with Gasteiger partial charge in [0.25, 0.3) is 0 Å². The van der Waals surface area contributed by atoms with Gasteiger partial charge < -0.3 is 31.6 Å². The molecular weight excluding hydrogens is 476 g/mol. The van der Waals surface area contributed by atoms with Crippen molar-refractivity contribution in [2.75, 3.05) is 29.5 Å². The van der Waals surface area contributed by atoms with Crippen molar-refractivity contribution in [1.29, 1.82) is 0 Å². The van der Waals surface area contributed by atoms with Crippen LogP contribution in [0.3, 0.4) is 0 Å². The van der Waals surface area contributed by atoms with Gasteiger partial charge in [0.2, 0.25) is 0 Å². The molecule has 0 amide bonds. The largest absolute Gasteiger partial charge is 0.447 e. The smallest absolute Gasteiger partial charge is 0.181 e. The molecule has 1 spiro atoms. The van der Waals surface area contributed by atoms with E-state index >= 15 is 0 Å². The Balaban J connectivity index is 1.28. The summed E-state index contributed by atoms with van der Waals surface area (Å²) in [4.78, 5) is 20.7. The van der Waals surface area contributed by atoms with E-state index in [0.717, 1.165) is 43.8 Å². The molecule has 2 fully saturated rings. The van der Waals surface area contributed by atoms with Crippen LogP contribution in [0.15, 0.2) is 33.0 Å². The molecule has 3 aromatic heterocycles. The van der Waals surface area contributed by atoms with Gasteiger partial charge in [0.1, 0.15) is 27.9 Å². The molecule has 7 N–H and O–H groups in total. The number of aliphatic hydroxyl groups is 1. The fourth-order valence-electron chi connectivity index (χ4n) is 5.05. The quantitative estimate of drug-likeness (QED) is 0.415. The fraction of sp³-hybridized carbons (Fsp3) is 0.455. The van der Waals surface area contributed by atoms with Gasteiger partial charge in [-0.05, 0) is 31.7 Å². The Morgan fingerprint density at radius 1 is 1.12 bits per heavy atom. The topological polar surface area (TPSA) is 166 Å². The van der Waals surface area contributed by atoms with E-state index in [1.807, 2.05) is 0 Å².